The van der Waals surface area contributed by atoms with E-state index in [0.29, 0.717) is 68.1 Å². The largest absolute Gasteiger partial charge is 0.432 e. The number of hydrogen-bond acceptors (Lipinski definition) is 4. The van der Waals surface area contributed by atoms with Crippen LogP contribution in [0.1, 0.15) is 327 Å². The monoisotopic (exact) mass is 1530 g/mol. The van der Waals surface area contributed by atoms with Gasteiger partial charge in [0.2, 0.25) is 0 Å². The van der Waals surface area contributed by atoms with Crippen LogP contribution in [-0.2, 0) is 12.4 Å². The maximum absolute atomic E-state index is 13.1. The lowest BCUT2D eigenvalue weighted by molar-refractivity contribution is -0.141. The molecule has 0 fully saturated rings. The second-order valence-electron chi connectivity index (χ2n) is 33.0. The normalized spacial score (nSPS) is 11.3. The van der Waals surface area contributed by atoms with Gasteiger partial charge in [-0.15, -0.1) is 27.3 Å². The molecular formula is C72H90B37F6N4. The van der Waals surface area contributed by atoms with Crippen molar-refractivity contribution in [3.05, 3.63) is 89.8 Å². The van der Waals surface area contributed by atoms with Crippen LogP contribution < -0.4 is 87.7 Å². The van der Waals surface area contributed by atoms with E-state index in [1.165, 1.54) is 60.9 Å². The molecule has 119 heavy (non-hydrogen) atoms. The molecule has 0 saturated heterocycles. The molecule has 4 heterocycles. The first-order valence-electron chi connectivity index (χ1n) is 40.4. The lowest BCUT2D eigenvalue weighted by Crippen LogP contribution is -2.58. The summed E-state index contributed by atoms with van der Waals surface area (Å²) in [4.78, 5) is 16.8. The molecule has 0 atom stereocenters. The van der Waals surface area contributed by atoms with Crippen molar-refractivity contribution in [2.75, 3.05) is 0 Å². The topological polar surface area (TPSA) is 51.6 Å². The van der Waals surface area contributed by atoms with Crippen molar-refractivity contribution in [3.8, 4) is 0 Å². The van der Waals surface area contributed by atoms with Gasteiger partial charge in [-0.3, -0.25) is 9.97 Å². The van der Waals surface area contributed by atoms with Crippen LogP contribution in [-0.4, -0.2) is 294 Å². The molecule has 4 nitrogen and oxygen atoms in total. The van der Waals surface area contributed by atoms with Gasteiger partial charge in [-0.25, -0.2) is 9.97 Å². The highest BCUT2D eigenvalue weighted by molar-refractivity contribution is 7.53. The van der Waals surface area contributed by atoms with Crippen LogP contribution in [0.25, 0.3) is 0 Å². The predicted molar refractivity (Wildman–Crippen MR) is 545 cm³/mol. The SMILES string of the molecule is [B][B]B([B])c1c(C)c(C(C)C)c(C(C)C)c([B][B])c1[B][B].[B][B]B([B])c1c(C)c(C(C)C)c([B])c(C(C)C)c1[B][B].[B][B]B([B])c1nc(C(C)C)c(C(C)C)c([B][B])c1[B][B].[B][B]B([B])c1nc(C(C)C)c([B])c(C(C)C)c1[B][B].[B][B]c1c(C(F)(F)F)nc(C(C)C)c(C(C)C)c1[B][B].[B][B]c1c(C(F)(F)F)nc(C(C)C)c([B])c1C(C)C. The summed E-state index contributed by atoms with van der Waals surface area (Å²) >= 11 is 0. The van der Waals surface area contributed by atoms with Crippen molar-refractivity contribution in [3.63, 3.8) is 0 Å². The van der Waals surface area contributed by atoms with Crippen molar-refractivity contribution in [2.24, 2.45) is 0 Å². The molecule has 0 unspecified atom stereocenters. The Morgan fingerprint density at radius 2 is 0.487 bits per heavy atom. The van der Waals surface area contributed by atoms with Crippen LogP contribution in [0.4, 0.5) is 26.3 Å². The van der Waals surface area contributed by atoms with Crippen LogP contribution in [0, 0.1) is 13.8 Å². The number of aromatic nitrogens is 4. The van der Waals surface area contributed by atoms with Gasteiger partial charge in [0.25, 0.3) is 0 Å². The summed E-state index contributed by atoms with van der Waals surface area (Å²) in [6.07, 6.45) is -9.12. The summed E-state index contributed by atoms with van der Waals surface area (Å²) in [7, 11) is 135. The number of pyridine rings is 4. The third-order valence-electron chi connectivity index (χ3n) is 20.3. The Kier molecular flexibility index (Phi) is 49.6. The van der Waals surface area contributed by atoms with E-state index in [-0.39, 0.29) is 77.0 Å². The second-order valence-corrected chi connectivity index (χ2v) is 33.0. The fourth-order valence-electron chi connectivity index (χ4n) is 15.3. The minimum absolute atomic E-state index is 0.00400. The number of rotatable bonds is 29. The van der Waals surface area contributed by atoms with E-state index in [1.807, 2.05) is 20.8 Å². The fraction of sp³-hybridized carbons (Fsp3) is 0.556. The second kappa shape index (κ2) is 51.7. The Hall–Kier alpha value is -2.98. The molecule has 0 spiro atoms. The van der Waals surface area contributed by atoms with Crippen LogP contribution in [0.5, 0.6) is 0 Å². The highest BCUT2D eigenvalue weighted by Gasteiger charge is 2.40. The van der Waals surface area contributed by atoms with Crippen molar-refractivity contribution >= 4 is 361 Å². The molecule has 0 amide bonds. The third kappa shape index (κ3) is 28.5. The molecule has 551 valence electrons. The van der Waals surface area contributed by atoms with E-state index in [1.54, 1.807) is 70.2 Å². The Bertz CT molecular complexity index is 4220. The van der Waals surface area contributed by atoms with E-state index < -0.39 is 36.7 Å². The molecule has 53 radical (unpaired) electrons. The van der Waals surface area contributed by atoms with Crippen molar-refractivity contribution in [1.82, 2.24) is 19.9 Å². The Morgan fingerprint density at radius 3 is 0.790 bits per heavy atom. The molecule has 2 aromatic carbocycles. The minimum Gasteiger partial charge on any atom is -0.270 e. The van der Waals surface area contributed by atoms with Gasteiger partial charge in [0, 0.05) is 183 Å². The average Bonchev–Trinajstić information content (AvgIpc) is 0.779. The molecular weight excluding hydrogens is 1430 g/mol. The number of benzene rings is 2. The van der Waals surface area contributed by atoms with E-state index in [0.717, 1.165) is 108 Å². The average molecular weight is 1530 g/mol. The summed E-state index contributed by atoms with van der Waals surface area (Å²) in [6, 6.07) is 0. The summed E-state index contributed by atoms with van der Waals surface area (Å²) in [6.45, 7) is 50.9. The zero-order chi connectivity index (χ0) is 92.7. The summed E-state index contributed by atoms with van der Waals surface area (Å²) < 4.78 is 78.6. The molecule has 0 bridgehead atoms. The molecule has 4 aromatic heterocycles. The van der Waals surface area contributed by atoms with Gasteiger partial charge in [0.15, 0.2) is 0 Å². The predicted octanol–water partition coefficient (Wildman–Crippen LogP) is -3.46. The van der Waals surface area contributed by atoms with E-state index in [2.05, 4.69) is 133 Å². The van der Waals surface area contributed by atoms with Gasteiger partial charge < -0.3 is 0 Å². The number of alkyl halides is 6. The molecule has 6 rings (SSSR count). The Balaban J connectivity index is 0.000000714. The Morgan fingerprint density at radius 1 is 0.244 bits per heavy atom. The fourth-order valence-corrected chi connectivity index (χ4v) is 15.3. The van der Waals surface area contributed by atoms with Gasteiger partial charge in [0.05, 0.1) is 77.5 Å². The minimum atomic E-state index is -4.57. The third-order valence-corrected chi connectivity index (χ3v) is 20.3. The summed E-state index contributed by atoms with van der Waals surface area (Å²) in [5, 5.41) is 0. The first-order valence-corrected chi connectivity index (χ1v) is 40.4. The van der Waals surface area contributed by atoms with Crippen molar-refractivity contribution < 1.29 is 26.3 Å². The maximum Gasteiger partial charge on any atom is 0.432 e. The molecule has 0 N–H and O–H groups in total. The molecule has 0 aliphatic rings. The highest BCUT2D eigenvalue weighted by atomic mass is 19.4. The van der Waals surface area contributed by atoms with E-state index in [4.69, 9.17) is 160 Å². The number of hydrogen-bond donors (Lipinski definition) is 0. The Labute approximate surface area is 755 Å². The first kappa shape index (κ1) is 114. The summed E-state index contributed by atoms with van der Waals surface area (Å²) in [5.41, 5.74) is 21.2. The van der Waals surface area contributed by atoms with Crippen LogP contribution in [0.2, 0.25) is 0 Å². The van der Waals surface area contributed by atoms with E-state index in [9.17, 15) is 26.3 Å². The number of halogens is 6. The van der Waals surface area contributed by atoms with Gasteiger partial charge in [0.1, 0.15) is 47.9 Å². The summed E-state index contributed by atoms with van der Waals surface area (Å²) in [5.74, 6) is 1.82. The smallest absolute Gasteiger partial charge is 0.270 e. The number of nitrogens with zero attached hydrogens (tertiary/aromatic N) is 4. The van der Waals surface area contributed by atoms with Gasteiger partial charge in [-0.2, -0.15) is 26.3 Å². The lowest BCUT2D eigenvalue weighted by atomic mass is 9.02. The van der Waals surface area contributed by atoms with Crippen LogP contribution in [0.15, 0.2) is 0 Å². The lowest BCUT2D eigenvalue weighted by Gasteiger charge is -2.31. The van der Waals surface area contributed by atoms with Crippen molar-refractivity contribution in [1.29, 1.82) is 0 Å². The standard InChI is InChI=1S/C13H17B8.C13H17B7.C12H14B4F3N.C12H14B3F3N.C11H14B8N.C11H14B7N/c1-6(2)9-8(5)13(21(17)20-16)12(19-15)11(18-14)10(9)7(3)4;1-6(2)9-8(5)13(20(17)19-16)12(18-15)10(7(3)4)11(9)14;1-5(2)7-8(15-13)9(16-14)11(12(17,18)19)20-10(7)6(3)4;1-5(2)7-8(13)10(6(3)4)19-11(9(7)15-14)12(16,17)18;1-5(2)7-8(16-12)9(17-13)11(19(15)18-14)20-10(7)6(3)4;1-5(2)7-8(12)10(6(3)4)19-11(9(7)16-13)18(15)17-14/h6-7H,1-5H3;6-7H,1-5H3;5-6H,1-4H3;5-6H,1-4H3;5-6H,1-4H3;5-6H,1-4H3. The van der Waals surface area contributed by atoms with Gasteiger partial charge in [-0.1, -0.05) is 243 Å². The van der Waals surface area contributed by atoms with Crippen LogP contribution >= 0.6 is 0 Å². The van der Waals surface area contributed by atoms with Crippen LogP contribution in [0.3, 0.4) is 0 Å². The zero-order valence-electron chi connectivity index (χ0n) is 75.3. The van der Waals surface area contributed by atoms with Crippen molar-refractivity contribution in [2.45, 2.75) is 263 Å². The molecule has 6 aromatic rings. The quantitative estimate of drug-likeness (QED) is 0.0363. The van der Waals surface area contributed by atoms with Gasteiger partial charge >= 0.3 is 12.4 Å². The maximum atomic E-state index is 13.1. The van der Waals surface area contributed by atoms with Gasteiger partial charge in [-0.05, 0) is 124 Å². The zero-order valence-corrected chi connectivity index (χ0v) is 75.3. The first-order chi connectivity index (χ1) is 55.1. The molecule has 0 aliphatic heterocycles. The molecule has 0 aliphatic carbocycles. The highest BCUT2D eigenvalue weighted by Crippen LogP contribution is 2.33. The molecule has 47 heteroatoms. The molecule has 0 saturated carbocycles. The van der Waals surface area contributed by atoms with E-state index >= 15 is 0 Å².